The molecule has 2 N–H and O–H groups in total. The maximum Gasteiger partial charge on any atom is 0.173 e. The van der Waals surface area contributed by atoms with Crippen LogP contribution in [0, 0.1) is 25.5 Å². The molecule has 0 aliphatic heterocycles. The third kappa shape index (κ3) is 2.80. The molecule has 0 spiro atoms. The highest BCUT2D eigenvalue weighted by Gasteiger charge is 2.21. The molecule has 21 heavy (non-hydrogen) atoms. The minimum atomic E-state index is -0.939. The van der Waals surface area contributed by atoms with Crippen LogP contribution < -0.4 is 10.5 Å². The van der Waals surface area contributed by atoms with Crippen molar-refractivity contribution in [3.63, 3.8) is 0 Å². The lowest BCUT2D eigenvalue weighted by Crippen LogP contribution is -2.15. The number of hydrogen-bond acceptors (Lipinski definition) is 2. The Hall–Kier alpha value is -1.46. The van der Waals surface area contributed by atoms with Gasteiger partial charge in [-0.2, -0.15) is 0 Å². The van der Waals surface area contributed by atoms with E-state index in [9.17, 15) is 8.78 Å². The number of methoxy groups -OCH3 is 1. The fourth-order valence-corrected chi connectivity index (χ4v) is 2.84. The van der Waals surface area contributed by atoms with Gasteiger partial charge in [0.05, 0.1) is 17.6 Å². The van der Waals surface area contributed by atoms with Gasteiger partial charge < -0.3 is 10.5 Å². The van der Waals surface area contributed by atoms with Crippen LogP contribution >= 0.6 is 15.9 Å². The predicted molar refractivity (Wildman–Crippen MR) is 82.6 cm³/mol. The number of hydrogen-bond donors (Lipinski definition) is 1. The number of rotatable bonds is 3. The topological polar surface area (TPSA) is 35.2 Å². The van der Waals surface area contributed by atoms with Gasteiger partial charge in [-0.3, -0.25) is 0 Å². The third-order valence-corrected chi connectivity index (χ3v) is 4.45. The quantitative estimate of drug-likeness (QED) is 0.828. The van der Waals surface area contributed by atoms with Crippen molar-refractivity contribution in [3.8, 4) is 5.75 Å². The molecule has 0 aromatic heterocycles. The van der Waals surface area contributed by atoms with Crippen molar-refractivity contribution in [2.75, 3.05) is 7.11 Å². The average molecular weight is 356 g/mol. The van der Waals surface area contributed by atoms with E-state index in [-0.39, 0.29) is 4.47 Å². The summed E-state index contributed by atoms with van der Waals surface area (Å²) in [6, 6.07) is 5.70. The van der Waals surface area contributed by atoms with Crippen molar-refractivity contribution in [3.05, 3.63) is 62.6 Å². The van der Waals surface area contributed by atoms with Crippen LogP contribution in [0.3, 0.4) is 0 Å². The Labute approximate surface area is 131 Å². The Morgan fingerprint density at radius 1 is 1.10 bits per heavy atom. The molecule has 2 nitrogen and oxygen atoms in total. The number of halogens is 3. The monoisotopic (exact) mass is 355 g/mol. The second-order valence-corrected chi connectivity index (χ2v) is 5.67. The first-order valence-electron chi connectivity index (χ1n) is 6.41. The second-order valence-electron chi connectivity index (χ2n) is 4.87. The van der Waals surface area contributed by atoms with Crippen LogP contribution in [-0.2, 0) is 0 Å². The van der Waals surface area contributed by atoms with Gasteiger partial charge in [0.25, 0.3) is 0 Å². The van der Waals surface area contributed by atoms with E-state index in [4.69, 9.17) is 10.5 Å². The maximum atomic E-state index is 13.7. The summed E-state index contributed by atoms with van der Waals surface area (Å²) in [6.07, 6.45) is 0. The van der Waals surface area contributed by atoms with Gasteiger partial charge in [0.2, 0.25) is 0 Å². The van der Waals surface area contributed by atoms with Crippen LogP contribution in [0.25, 0.3) is 0 Å². The van der Waals surface area contributed by atoms with E-state index >= 15 is 0 Å². The first-order chi connectivity index (χ1) is 9.88. The van der Waals surface area contributed by atoms with Crippen LogP contribution in [0.4, 0.5) is 8.78 Å². The first kappa shape index (κ1) is 15.9. The number of aryl methyl sites for hydroxylation is 1. The van der Waals surface area contributed by atoms with Gasteiger partial charge in [-0.25, -0.2) is 8.78 Å². The standard InChI is InChI=1S/C16H16BrF2NO/c1-8-4-5-11(16(21-3)9(8)2)15(20)10-6-7-12(18)14(19)13(10)17/h4-7,15H,20H2,1-3H3. The summed E-state index contributed by atoms with van der Waals surface area (Å²) in [5, 5.41) is 0. The van der Waals surface area contributed by atoms with Crippen molar-refractivity contribution in [1.82, 2.24) is 0 Å². The molecular weight excluding hydrogens is 340 g/mol. The minimum Gasteiger partial charge on any atom is -0.496 e. The molecule has 5 heteroatoms. The molecule has 2 rings (SSSR count). The third-order valence-electron chi connectivity index (χ3n) is 3.65. The Morgan fingerprint density at radius 3 is 2.33 bits per heavy atom. The highest BCUT2D eigenvalue weighted by Crippen LogP contribution is 2.36. The first-order valence-corrected chi connectivity index (χ1v) is 7.20. The Morgan fingerprint density at radius 2 is 1.71 bits per heavy atom. The second kappa shape index (κ2) is 6.12. The molecule has 0 aliphatic rings. The van der Waals surface area contributed by atoms with E-state index in [1.165, 1.54) is 6.07 Å². The molecule has 112 valence electrons. The predicted octanol–water partition coefficient (Wildman–Crippen LogP) is 4.40. The van der Waals surface area contributed by atoms with Gasteiger partial charge in [-0.05, 0) is 52.5 Å². The molecule has 0 saturated carbocycles. The highest BCUT2D eigenvalue weighted by molar-refractivity contribution is 9.10. The summed E-state index contributed by atoms with van der Waals surface area (Å²) in [5.74, 6) is -1.19. The summed E-state index contributed by atoms with van der Waals surface area (Å²) in [5.41, 5.74) is 9.48. The molecule has 1 atom stereocenters. The number of nitrogens with two attached hydrogens (primary N) is 1. The fourth-order valence-electron chi connectivity index (χ4n) is 2.28. The SMILES string of the molecule is COc1c(C(N)c2ccc(F)c(F)c2Br)ccc(C)c1C. The zero-order chi connectivity index (χ0) is 15.7. The van der Waals surface area contributed by atoms with Gasteiger partial charge in [-0.15, -0.1) is 0 Å². The normalized spacial score (nSPS) is 12.3. The molecule has 1 unspecified atom stereocenters. The Kier molecular flexibility index (Phi) is 4.64. The zero-order valence-corrected chi connectivity index (χ0v) is 13.6. The number of ether oxygens (including phenoxy) is 1. The molecule has 2 aromatic carbocycles. The molecular formula is C16H16BrF2NO. The molecule has 2 aromatic rings. The van der Waals surface area contributed by atoms with Gasteiger partial charge in [-0.1, -0.05) is 18.2 Å². The molecule has 0 amide bonds. The summed E-state index contributed by atoms with van der Waals surface area (Å²) in [4.78, 5) is 0. The van der Waals surface area contributed by atoms with Gasteiger partial charge in [0.15, 0.2) is 11.6 Å². The van der Waals surface area contributed by atoms with Gasteiger partial charge >= 0.3 is 0 Å². The summed E-state index contributed by atoms with van der Waals surface area (Å²) >= 11 is 3.07. The minimum absolute atomic E-state index is 0.0373. The molecule has 0 radical (unpaired) electrons. The van der Waals surface area contributed by atoms with Gasteiger partial charge in [0.1, 0.15) is 5.75 Å². The molecule has 0 heterocycles. The lowest BCUT2D eigenvalue weighted by molar-refractivity contribution is 0.404. The van der Waals surface area contributed by atoms with Crippen LogP contribution in [0.5, 0.6) is 5.75 Å². The van der Waals surface area contributed by atoms with Crippen molar-refractivity contribution in [2.45, 2.75) is 19.9 Å². The van der Waals surface area contributed by atoms with Gasteiger partial charge in [0, 0.05) is 5.56 Å². The van der Waals surface area contributed by atoms with Crippen LogP contribution in [-0.4, -0.2) is 7.11 Å². The van der Waals surface area contributed by atoms with Crippen molar-refractivity contribution < 1.29 is 13.5 Å². The fraction of sp³-hybridized carbons (Fsp3) is 0.250. The van der Waals surface area contributed by atoms with Crippen LogP contribution in [0.2, 0.25) is 0 Å². The van der Waals surface area contributed by atoms with Crippen LogP contribution in [0.15, 0.2) is 28.7 Å². The van der Waals surface area contributed by atoms with Crippen LogP contribution in [0.1, 0.15) is 28.3 Å². The zero-order valence-electron chi connectivity index (χ0n) is 12.0. The van der Waals surface area contributed by atoms with E-state index in [1.54, 1.807) is 7.11 Å². The molecule has 0 aliphatic carbocycles. The van der Waals surface area contributed by atoms with Crippen molar-refractivity contribution in [1.29, 1.82) is 0 Å². The van der Waals surface area contributed by atoms with E-state index in [0.29, 0.717) is 11.3 Å². The molecule has 0 bridgehead atoms. The number of benzene rings is 2. The van der Waals surface area contributed by atoms with E-state index in [0.717, 1.165) is 22.8 Å². The smallest absolute Gasteiger partial charge is 0.173 e. The molecule has 0 fully saturated rings. The van der Waals surface area contributed by atoms with E-state index in [1.807, 2.05) is 26.0 Å². The van der Waals surface area contributed by atoms with Crippen molar-refractivity contribution >= 4 is 15.9 Å². The summed E-state index contributed by atoms with van der Waals surface area (Å²) < 4.78 is 32.4. The highest BCUT2D eigenvalue weighted by atomic mass is 79.9. The maximum absolute atomic E-state index is 13.7. The van der Waals surface area contributed by atoms with E-state index < -0.39 is 17.7 Å². The largest absolute Gasteiger partial charge is 0.496 e. The van der Waals surface area contributed by atoms with E-state index in [2.05, 4.69) is 15.9 Å². The lowest BCUT2D eigenvalue weighted by Gasteiger charge is -2.20. The molecule has 0 saturated heterocycles. The lowest BCUT2D eigenvalue weighted by atomic mass is 9.95. The average Bonchev–Trinajstić information content (AvgIpc) is 2.47. The Bertz CT molecular complexity index is 688. The Balaban J connectivity index is 2.58. The van der Waals surface area contributed by atoms with Crippen molar-refractivity contribution in [2.24, 2.45) is 5.73 Å². The summed E-state index contributed by atoms with van der Waals surface area (Å²) in [7, 11) is 1.57. The summed E-state index contributed by atoms with van der Waals surface area (Å²) in [6.45, 7) is 3.91.